The average molecular weight is 306 g/mol. The minimum Gasteiger partial charge on any atom is -0.352 e. The van der Waals surface area contributed by atoms with Crippen LogP contribution in [-0.4, -0.2) is 27.0 Å². The Kier molecular flexibility index (Phi) is 4.79. The summed E-state index contributed by atoms with van der Waals surface area (Å²) in [6, 6.07) is 11.5. The first kappa shape index (κ1) is 15.0. The number of nitrogens with one attached hydrogen (secondary N) is 1. The lowest BCUT2D eigenvalue weighted by atomic mass is 10.1. The van der Waals surface area contributed by atoms with Gasteiger partial charge in [-0.25, -0.2) is 4.98 Å². The van der Waals surface area contributed by atoms with E-state index < -0.39 is 0 Å². The summed E-state index contributed by atoms with van der Waals surface area (Å²) < 4.78 is 1.99. The largest absolute Gasteiger partial charge is 0.352 e. The quantitative estimate of drug-likeness (QED) is 0.712. The number of nitrogens with zero attached hydrogens (tertiary/aromatic N) is 3. The van der Waals surface area contributed by atoms with Crippen molar-refractivity contribution in [1.29, 1.82) is 0 Å². The van der Waals surface area contributed by atoms with Crippen LogP contribution in [0.3, 0.4) is 0 Å². The summed E-state index contributed by atoms with van der Waals surface area (Å²) in [7, 11) is 0. The van der Waals surface area contributed by atoms with Crippen molar-refractivity contribution in [3.63, 3.8) is 0 Å². The maximum atomic E-state index is 12.1. The van der Waals surface area contributed by atoms with Crippen LogP contribution in [0.5, 0.6) is 0 Å². The molecule has 0 aliphatic heterocycles. The zero-order chi connectivity index (χ0) is 15.9. The number of rotatable bonds is 6. The molecule has 0 aliphatic carbocycles. The molecule has 0 bridgehead atoms. The highest BCUT2D eigenvalue weighted by Crippen LogP contribution is 2.18. The van der Waals surface area contributed by atoms with E-state index in [0.29, 0.717) is 12.1 Å². The normalized spacial score (nSPS) is 10.4. The fourth-order valence-corrected chi connectivity index (χ4v) is 2.33. The molecule has 23 heavy (non-hydrogen) atoms. The molecule has 1 N–H and O–H groups in total. The van der Waals surface area contributed by atoms with Crippen molar-refractivity contribution >= 4 is 5.91 Å². The van der Waals surface area contributed by atoms with E-state index in [-0.39, 0.29) is 5.91 Å². The van der Waals surface area contributed by atoms with Gasteiger partial charge in [0, 0.05) is 43.4 Å². The first-order valence-corrected chi connectivity index (χ1v) is 7.57. The van der Waals surface area contributed by atoms with Crippen LogP contribution in [0, 0.1) is 0 Å². The van der Waals surface area contributed by atoms with Crippen LogP contribution in [0.1, 0.15) is 16.8 Å². The van der Waals surface area contributed by atoms with Gasteiger partial charge in [0.1, 0.15) is 0 Å². The molecule has 0 fully saturated rings. The maximum absolute atomic E-state index is 12.1. The molecule has 2 heterocycles. The van der Waals surface area contributed by atoms with E-state index >= 15 is 0 Å². The molecule has 0 unspecified atom stereocenters. The Labute approximate surface area is 135 Å². The molecule has 0 radical (unpaired) electrons. The number of benzene rings is 1. The molecule has 3 rings (SSSR count). The van der Waals surface area contributed by atoms with E-state index in [9.17, 15) is 4.79 Å². The predicted octanol–water partition coefficient (Wildman–Crippen LogP) is 2.77. The second-order valence-electron chi connectivity index (χ2n) is 5.23. The fourth-order valence-electron chi connectivity index (χ4n) is 2.33. The second-order valence-corrected chi connectivity index (χ2v) is 5.23. The Bertz CT molecular complexity index is 736. The van der Waals surface area contributed by atoms with Gasteiger partial charge in [-0.15, -0.1) is 0 Å². The minimum atomic E-state index is -0.0478. The van der Waals surface area contributed by atoms with Crippen LogP contribution < -0.4 is 5.32 Å². The molecule has 1 aromatic carbocycles. The predicted molar refractivity (Wildman–Crippen MR) is 88.9 cm³/mol. The Hall–Kier alpha value is -2.95. The van der Waals surface area contributed by atoms with Gasteiger partial charge in [-0.2, -0.15) is 0 Å². The van der Waals surface area contributed by atoms with E-state index in [1.54, 1.807) is 18.7 Å². The molecule has 116 valence electrons. The number of pyridine rings is 1. The highest BCUT2D eigenvalue weighted by molar-refractivity contribution is 5.94. The fraction of sp³-hybridized carbons (Fsp3) is 0.167. The van der Waals surface area contributed by atoms with Gasteiger partial charge in [0.2, 0.25) is 0 Å². The van der Waals surface area contributed by atoms with E-state index in [1.165, 1.54) is 0 Å². The molecule has 0 spiro atoms. The third-order valence-corrected chi connectivity index (χ3v) is 3.58. The van der Waals surface area contributed by atoms with Gasteiger partial charge in [0.15, 0.2) is 0 Å². The Balaban J connectivity index is 1.51. The maximum Gasteiger partial charge on any atom is 0.251 e. The molecule has 0 aliphatic rings. The van der Waals surface area contributed by atoms with Crippen molar-refractivity contribution in [2.24, 2.45) is 0 Å². The summed E-state index contributed by atoms with van der Waals surface area (Å²) in [5.74, 6) is -0.0478. The van der Waals surface area contributed by atoms with Gasteiger partial charge >= 0.3 is 0 Å². The third-order valence-electron chi connectivity index (χ3n) is 3.58. The van der Waals surface area contributed by atoms with Crippen LogP contribution in [-0.2, 0) is 6.54 Å². The summed E-state index contributed by atoms with van der Waals surface area (Å²) in [5.41, 5.74) is 2.76. The first-order chi connectivity index (χ1) is 11.3. The number of carbonyl (C=O) groups is 1. The van der Waals surface area contributed by atoms with Gasteiger partial charge in [-0.05, 0) is 35.7 Å². The standard InChI is InChI=1S/C18H18N4O/c23-18(21-9-2-11-22-12-10-20-14-22)16-6-4-15(5-7-16)17-3-1-8-19-13-17/h1,3-8,10,12-14H,2,9,11H2,(H,21,23). The Morgan fingerprint density at radius 1 is 1.04 bits per heavy atom. The van der Waals surface area contributed by atoms with Gasteiger partial charge in [-0.1, -0.05) is 18.2 Å². The van der Waals surface area contributed by atoms with E-state index in [2.05, 4.69) is 15.3 Å². The van der Waals surface area contributed by atoms with Crippen molar-refractivity contribution < 1.29 is 4.79 Å². The minimum absolute atomic E-state index is 0.0478. The molecule has 2 aromatic heterocycles. The number of hydrogen-bond donors (Lipinski definition) is 1. The van der Waals surface area contributed by atoms with Crippen LogP contribution in [0.25, 0.3) is 11.1 Å². The van der Waals surface area contributed by atoms with Crippen LogP contribution in [0.2, 0.25) is 0 Å². The Morgan fingerprint density at radius 3 is 2.61 bits per heavy atom. The summed E-state index contributed by atoms with van der Waals surface area (Å²) >= 11 is 0. The van der Waals surface area contributed by atoms with Gasteiger partial charge in [0.25, 0.3) is 5.91 Å². The highest BCUT2D eigenvalue weighted by atomic mass is 16.1. The van der Waals surface area contributed by atoms with Crippen molar-refractivity contribution in [1.82, 2.24) is 19.9 Å². The van der Waals surface area contributed by atoms with E-state index in [0.717, 1.165) is 24.1 Å². The number of aryl methyl sites for hydroxylation is 1. The number of aromatic nitrogens is 3. The van der Waals surface area contributed by atoms with Crippen molar-refractivity contribution in [2.75, 3.05) is 6.54 Å². The SMILES string of the molecule is O=C(NCCCn1ccnc1)c1ccc(-c2cccnc2)cc1. The molecular formula is C18H18N4O. The molecule has 5 nitrogen and oxygen atoms in total. The summed E-state index contributed by atoms with van der Waals surface area (Å²) in [5, 5.41) is 2.94. The average Bonchev–Trinajstić information content (AvgIpc) is 3.13. The van der Waals surface area contributed by atoms with Crippen molar-refractivity contribution in [3.8, 4) is 11.1 Å². The van der Waals surface area contributed by atoms with Crippen molar-refractivity contribution in [2.45, 2.75) is 13.0 Å². The smallest absolute Gasteiger partial charge is 0.251 e. The lowest BCUT2D eigenvalue weighted by molar-refractivity contribution is 0.0953. The van der Waals surface area contributed by atoms with E-state index in [1.807, 2.05) is 53.4 Å². The zero-order valence-corrected chi connectivity index (χ0v) is 12.7. The lowest BCUT2D eigenvalue weighted by Crippen LogP contribution is -2.25. The number of amides is 1. The van der Waals surface area contributed by atoms with Gasteiger partial charge < -0.3 is 9.88 Å². The van der Waals surface area contributed by atoms with Gasteiger partial charge in [0.05, 0.1) is 6.33 Å². The molecule has 0 saturated heterocycles. The molecule has 1 amide bonds. The van der Waals surface area contributed by atoms with E-state index in [4.69, 9.17) is 0 Å². The summed E-state index contributed by atoms with van der Waals surface area (Å²) in [6.45, 7) is 1.49. The number of imidazole rings is 1. The highest BCUT2D eigenvalue weighted by Gasteiger charge is 2.05. The van der Waals surface area contributed by atoms with Crippen LogP contribution in [0.15, 0.2) is 67.5 Å². The summed E-state index contributed by atoms with van der Waals surface area (Å²) in [6.07, 6.45) is 9.87. The molecular weight excluding hydrogens is 288 g/mol. The van der Waals surface area contributed by atoms with Crippen LogP contribution >= 0.6 is 0 Å². The topological polar surface area (TPSA) is 59.8 Å². The number of carbonyl (C=O) groups excluding carboxylic acids is 1. The molecule has 0 atom stereocenters. The van der Waals surface area contributed by atoms with Crippen LogP contribution in [0.4, 0.5) is 0 Å². The summed E-state index contributed by atoms with van der Waals surface area (Å²) in [4.78, 5) is 20.2. The van der Waals surface area contributed by atoms with Crippen molar-refractivity contribution in [3.05, 3.63) is 73.1 Å². The molecule has 0 saturated carbocycles. The molecule has 5 heteroatoms. The third kappa shape index (κ3) is 4.03. The lowest BCUT2D eigenvalue weighted by Gasteiger charge is -2.07. The molecule has 3 aromatic rings. The zero-order valence-electron chi connectivity index (χ0n) is 12.7. The first-order valence-electron chi connectivity index (χ1n) is 7.57. The number of hydrogen-bond acceptors (Lipinski definition) is 3. The Morgan fingerprint density at radius 2 is 1.91 bits per heavy atom. The monoisotopic (exact) mass is 306 g/mol. The van der Waals surface area contributed by atoms with Gasteiger partial charge in [-0.3, -0.25) is 9.78 Å². The second kappa shape index (κ2) is 7.35.